The van der Waals surface area contributed by atoms with Crippen LogP contribution in [0.3, 0.4) is 0 Å². The molecule has 1 N–H and O–H groups in total. The fraction of sp³-hybridized carbons (Fsp3) is 0.435. The average molecular weight is 411 g/mol. The van der Waals surface area contributed by atoms with Gasteiger partial charge in [0.25, 0.3) is 0 Å². The third-order valence-electron chi connectivity index (χ3n) is 5.36. The minimum atomic E-state index is -0.548. The van der Waals surface area contributed by atoms with Crippen LogP contribution in [0.15, 0.2) is 48.7 Å². The zero-order valence-electron chi connectivity index (χ0n) is 17.9. The fourth-order valence-corrected chi connectivity index (χ4v) is 3.65. The molecule has 2 heterocycles. The molecule has 7 nitrogen and oxygen atoms in total. The van der Waals surface area contributed by atoms with E-state index in [1.54, 1.807) is 13.3 Å². The van der Waals surface area contributed by atoms with Gasteiger partial charge in [0.1, 0.15) is 17.6 Å². The van der Waals surface area contributed by atoms with Gasteiger partial charge in [0.2, 0.25) is 11.8 Å². The summed E-state index contributed by atoms with van der Waals surface area (Å²) < 4.78 is 5.32. The number of nitrogens with zero attached hydrogens (tertiary/aromatic N) is 3. The van der Waals surface area contributed by atoms with E-state index in [1.165, 1.54) is 0 Å². The second-order valence-corrected chi connectivity index (χ2v) is 7.78. The van der Waals surface area contributed by atoms with Gasteiger partial charge in [-0.15, -0.1) is 0 Å². The highest BCUT2D eigenvalue weighted by Gasteiger charge is 2.31. The summed E-state index contributed by atoms with van der Waals surface area (Å²) in [6, 6.07) is 12.7. The molecular weight excluding hydrogens is 380 g/mol. The zero-order chi connectivity index (χ0) is 21.5. The average Bonchev–Trinajstić information content (AvgIpc) is 2.78. The Hall–Kier alpha value is -3.09. The van der Waals surface area contributed by atoms with Crippen LogP contribution in [0.1, 0.15) is 19.4 Å². The van der Waals surface area contributed by atoms with Crippen molar-refractivity contribution in [1.82, 2.24) is 15.2 Å². The number of carbonyl (C=O) groups is 2. The number of anilines is 1. The lowest BCUT2D eigenvalue weighted by Gasteiger charge is -2.37. The maximum Gasteiger partial charge on any atom is 0.245 e. The normalized spacial score (nSPS) is 15.1. The highest BCUT2D eigenvalue weighted by Crippen LogP contribution is 2.18. The first-order chi connectivity index (χ1) is 14.5. The first-order valence-electron chi connectivity index (χ1n) is 10.4. The molecule has 30 heavy (non-hydrogen) atoms. The number of aromatic nitrogens is 1. The molecule has 2 aromatic rings. The second-order valence-electron chi connectivity index (χ2n) is 7.78. The number of hydrogen-bond donors (Lipinski definition) is 1. The predicted octanol–water partition coefficient (Wildman–Crippen LogP) is 2.12. The highest BCUT2D eigenvalue weighted by molar-refractivity contribution is 5.89. The number of hydrogen-bond acceptors (Lipinski definition) is 5. The van der Waals surface area contributed by atoms with Crippen LogP contribution < -0.4 is 15.0 Å². The molecule has 1 aromatic carbocycles. The van der Waals surface area contributed by atoms with E-state index in [-0.39, 0.29) is 24.2 Å². The number of piperazine rings is 1. The Morgan fingerprint density at radius 3 is 2.40 bits per heavy atom. The van der Waals surface area contributed by atoms with Crippen molar-refractivity contribution in [2.24, 2.45) is 5.92 Å². The van der Waals surface area contributed by atoms with Gasteiger partial charge in [-0.3, -0.25) is 9.59 Å². The van der Waals surface area contributed by atoms with E-state index in [1.807, 2.05) is 61.2 Å². The SMILES string of the molecule is COc1ccccc1CC(=O)N[C@@H](C(=O)N1CCN(c2ccccn2)CC1)C(C)C. The lowest BCUT2D eigenvalue weighted by atomic mass is 10.0. The number of methoxy groups -OCH3 is 1. The molecule has 7 heteroatoms. The summed E-state index contributed by atoms with van der Waals surface area (Å²) in [6.45, 7) is 6.58. The lowest BCUT2D eigenvalue weighted by Crippen LogP contribution is -2.56. The lowest BCUT2D eigenvalue weighted by molar-refractivity contribution is -0.137. The maximum absolute atomic E-state index is 13.1. The highest BCUT2D eigenvalue weighted by atomic mass is 16.5. The largest absolute Gasteiger partial charge is 0.496 e. The van der Waals surface area contributed by atoms with Gasteiger partial charge in [0.15, 0.2) is 0 Å². The molecule has 0 aliphatic carbocycles. The minimum Gasteiger partial charge on any atom is -0.496 e. The van der Waals surface area contributed by atoms with Crippen molar-refractivity contribution in [3.05, 3.63) is 54.2 Å². The Morgan fingerprint density at radius 1 is 1.07 bits per heavy atom. The minimum absolute atomic E-state index is 0.00654. The van der Waals surface area contributed by atoms with Gasteiger partial charge in [0.05, 0.1) is 13.5 Å². The molecule has 160 valence electrons. The molecule has 1 atom stereocenters. The van der Waals surface area contributed by atoms with Gasteiger partial charge >= 0.3 is 0 Å². The first kappa shape index (κ1) is 21.6. The van der Waals surface area contributed by atoms with E-state index in [0.717, 1.165) is 24.5 Å². The fourth-order valence-electron chi connectivity index (χ4n) is 3.65. The molecule has 2 amide bonds. The Balaban J connectivity index is 1.59. The van der Waals surface area contributed by atoms with Crippen LogP contribution >= 0.6 is 0 Å². The number of amides is 2. The van der Waals surface area contributed by atoms with Crippen molar-refractivity contribution in [3.63, 3.8) is 0 Å². The van der Waals surface area contributed by atoms with Gasteiger partial charge in [0, 0.05) is 37.9 Å². The molecule has 1 aliphatic rings. The zero-order valence-corrected chi connectivity index (χ0v) is 17.9. The smallest absolute Gasteiger partial charge is 0.245 e. The molecule has 1 fully saturated rings. The van der Waals surface area contributed by atoms with Crippen molar-refractivity contribution < 1.29 is 14.3 Å². The molecular formula is C23H30N4O3. The molecule has 0 spiro atoms. The third-order valence-corrected chi connectivity index (χ3v) is 5.36. The van der Waals surface area contributed by atoms with Gasteiger partial charge in [-0.25, -0.2) is 4.98 Å². The van der Waals surface area contributed by atoms with Gasteiger partial charge in [-0.1, -0.05) is 38.1 Å². The van der Waals surface area contributed by atoms with Crippen molar-refractivity contribution in [2.45, 2.75) is 26.3 Å². The first-order valence-corrected chi connectivity index (χ1v) is 10.4. The molecule has 1 aliphatic heterocycles. The van der Waals surface area contributed by atoms with E-state index in [4.69, 9.17) is 4.74 Å². The van der Waals surface area contributed by atoms with Crippen LogP contribution in [0.2, 0.25) is 0 Å². The van der Waals surface area contributed by atoms with Crippen LogP contribution in [0, 0.1) is 5.92 Å². The van der Waals surface area contributed by atoms with Gasteiger partial charge in [-0.2, -0.15) is 0 Å². The van der Waals surface area contributed by atoms with Crippen LogP contribution in [0.4, 0.5) is 5.82 Å². The van der Waals surface area contributed by atoms with Crippen LogP contribution in [-0.2, 0) is 16.0 Å². The summed E-state index contributed by atoms with van der Waals surface area (Å²) in [6.07, 6.45) is 1.95. The van der Waals surface area contributed by atoms with Crippen LogP contribution in [0.5, 0.6) is 5.75 Å². The summed E-state index contributed by atoms with van der Waals surface area (Å²) in [5.74, 6) is 1.38. The van der Waals surface area contributed by atoms with Crippen LogP contribution in [0.25, 0.3) is 0 Å². The van der Waals surface area contributed by atoms with E-state index in [9.17, 15) is 9.59 Å². The Bertz CT molecular complexity index is 849. The topological polar surface area (TPSA) is 74.8 Å². The molecule has 0 unspecified atom stereocenters. The summed E-state index contributed by atoms with van der Waals surface area (Å²) in [4.78, 5) is 34.2. The standard InChI is InChI=1S/C23H30N4O3/c1-17(2)22(25-21(28)16-18-8-4-5-9-19(18)30-3)23(29)27-14-12-26(13-15-27)20-10-6-7-11-24-20/h4-11,17,22H,12-16H2,1-3H3,(H,25,28)/t22-/m1/s1. The van der Waals surface area contributed by atoms with Crippen molar-refractivity contribution >= 4 is 17.6 Å². The number of carbonyl (C=O) groups excluding carboxylic acids is 2. The molecule has 1 saturated heterocycles. The molecule has 3 rings (SSSR count). The number of ether oxygens (including phenoxy) is 1. The Kier molecular flexibility index (Phi) is 7.27. The van der Waals surface area contributed by atoms with E-state index < -0.39 is 6.04 Å². The summed E-state index contributed by atoms with van der Waals surface area (Å²) in [5, 5.41) is 2.94. The Labute approximate surface area is 178 Å². The summed E-state index contributed by atoms with van der Waals surface area (Å²) >= 11 is 0. The van der Waals surface area contributed by atoms with E-state index in [0.29, 0.717) is 18.8 Å². The van der Waals surface area contributed by atoms with Crippen molar-refractivity contribution in [2.75, 3.05) is 38.2 Å². The van der Waals surface area contributed by atoms with E-state index >= 15 is 0 Å². The molecule has 0 radical (unpaired) electrons. The monoisotopic (exact) mass is 410 g/mol. The van der Waals surface area contributed by atoms with E-state index in [2.05, 4.69) is 15.2 Å². The predicted molar refractivity (Wildman–Crippen MR) is 116 cm³/mol. The third kappa shape index (κ3) is 5.28. The number of pyridine rings is 1. The second kappa shape index (κ2) is 10.1. The van der Waals surface area contributed by atoms with Crippen LogP contribution in [-0.4, -0.2) is 61.0 Å². The number of benzene rings is 1. The number of para-hydroxylation sites is 1. The van der Waals surface area contributed by atoms with Gasteiger partial charge < -0.3 is 19.9 Å². The molecule has 0 saturated carbocycles. The van der Waals surface area contributed by atoms with Crippen molar-refractivity contribution in [3.8, 4) is 5.75 Å². The quantitative estimate of drug-likeness (QED) is 0.757. The molecule has 0 bridgehead atoms. The maximum atomic E-state index is 13.1. The molecule has 1 aromatic heterocycles. The number of rotatable bonds is 7. The van der Waals surface area contributed by atoms with Gasteiger partial charge in [-0.05, 0) is 24.1 Å². The van der Waals surface area contributed by atoms with Crippen molar-refractivity contribution in [1.29, 1.82) is 0 Å². The summed E-state index contributed by atoms with van der Waals surface area (Å²) in [7, 11) is 1.59. The Morgan fingerprint density at radius 2 is 1.77 bits per heavy atom. The summed E-state index contributed by atoms with van der Waals surface area (Å²) in [5.41, 5.74) is 0.802. The number of nitrogens with one attached hydrogen (secondary N) is 1.